The number of piperidine rings is 1. The Balaban J connectivity index is 1.40. The molecule has 1 saturated carbocycles. The van der Waals surface area contributed by atoms with Gasteiger partial charge in [-0.15, -0.1) is 22.0 Å². The van der Waals surface area contributed by atoms with Gasteiger partial charge in [-0.1, -0.05) is 24.8 Å². The second-order valence-corrected chi connectivity index (χ2v) is 9.44. The molecular formula is C20H27N5OS2. The molecule has 0 radical (unpaired) electrons. The van der Waals surface area contributed by atoms with Gasteiger partial charge in [0.15, 0.2) is 5.16 Å². The number of hydrogen-bond acceptors (Lipinski definition) is 6. The molecule has 4 rings (SSSR count). The second-order valence-electron chi connectivity index (χ2n) is 7.62. The third-order valence-electron chi connectivity index (χ3n) is 5.31. The van der Waals surface area contributed by atoms with E-state index < -0.39 is 0 Å². The van der Waals surface area contributed by atoms with Gasteiger partial charge in [0, 0.05) is 29.7 Å². The molecule has 0 bridgehead atoms. The van der Waals surface area contributed by atoms with Crippen molar-refractivity contribution in [1.82, 2.24) is 14.8 Å². The summed E-state index contributed by atoms with van der Waals surface area (Å²) in [6.07, 6.45) is 6.80. The number of benzene rings is 1. The molecule has 0 atom stereocenters. The molecule has 1 aromatic carbocycles. The molecule has 2 aromatic rings. The van der Waals surface area contributed by atoms with Gasteiger partial charge < -0.3 is 10.2 Å². The Morgan fingerprint density at radius 2 is 2.00 bits per heavy atom. The minimum absolute atomic E-state index is 0.0121. The van der Waals surface area contributed by atoms with Crippen LogP contribution in [-0.4, -0.2) is 45.8 Å². The van der Waals surface area contributed by atoms with Gasteiger partial charge in [0.05, 0.1) is 5.75 Å². The number of carbonyl (C=O) groups is 1. The van der Waals surface area contributed by atoms with Crippen LogP contribution in [0.25, 0.3) is 0 Å². The number of anilines is 2. The smallest absolute Gasteiger partial charge is 0.234 e. The first-order valence-electron chi connectivity index (χ1n) is 9.90. The van der Waals surface area contributed by atoms with E-state index in [4.69, 9.17) is 0 Å². The lowest BCUT2D eigenvalue weighted by atomic mass is 10.00. The SMILES string of the molecule is CSc1cccc(NC(=O)CSc2nnc(N3CCC(C)CC3)n2C2CC2)c1. The number of carbonyl (C=O) groups excluding carboxylic acids is 1. The van der Waals surface area contributed by atoms with E-state index in [-0.39, 0.29) is 5.91 Å². The van der Waals surface area contributed by atoms with Crippen LogP contribution in [0.3, 0.4) is 0 Å². The third kappa shape index (κ3) is 4.66. The van der Waals surface area contributed by atoms with Crippen LogP contribution < -0.4 is 10.2 Å². The summed E-state index contributed by atoms with van der Waals surface area (Å²) < 4.78 is 2.27. The maximum Gasteiger partial charge on any atom is 0.234 e. The van der Waals surface area contributed by atoms with Crippen LogP contribution >= 0.6 is 23.5 Å². The fraction of sp³-hybridized carbons (Fsp3) is 0.550. The van der Waals surface area contributed by atoms with Crippen molar-refractivity contribution in [2.45, 2.75) is 48.7 Å². The molecule has 1 N–H and O–H groups in total. The summed E-state index contributed by atoms with van der Waals surface area (Å²) in [5, 5.41) is 12.8. The van der Waals surface area contributed by atoms with Crippen LogP contribution in [0.2, 0.25) is 0 Å². The molecule has 1 aliphatic carbocycles. The van der Waals surface area contributed by atoms with Gasteiger partial charge in [-0.05, 0) is 56.1 Å². The number of aromatic nitrogens is 3. The zero-order valence-corrected chi connectivity index (χ0v) is 18.1. The number of thioether (sulfide) groups is 2. The number of hydrogen-bond donors (Lipinski definition) is 1. The molecule has 150 valence electrons. The maximum atomic E-state index is 12.4. The summed E-state index contributed by atoms with van der Waals surface area (Å²) in [7, 11) is 0. The minimum Gasteiger partial charge on any atom is -0.341 e. The van der Waals surface area contributed by atoms with Crippen molar-refractivity contribution >= 4 is 41.1 Å². The zero-order chi connectivity index (χ0) is 19.5. The summed E-state index contributed by atoms with van der Waals surface area (Å²) in [4.78, 5) is 15.9. The predicted molar refractivity (Wildman–Crippen MR) is 116 cm³/mol. The van der Waals surface area contributed by atoms with E-state index in [9.17, 15) is 4.79 Å². The Labute approximate surface area is 174 Å². The number of nitrogens with zero attached hydrogens (tertiary/aromatic N) is 4. The first-order chi connectivity index (χ1) is 13.6. The van der Waals surface area contributed by atoms with E-state index in [1.807, 2.05) is 30.5 Å². The van der Waals surface area contributed by atoms with Gasteiger partial charge >= 0.3 is 0 Å². The highest BCUT2D eigenvalue weighted by Gasteiger charge is 2.32. The van der Waals surface area contributed by atoms with Crippen molar-refractivity contribution in [3.05, 3.63) is 24.3 Å². The molecule has 2 aliphatic rings. The number of nitrogens with one attached hydrogen (secondary N) is 1. The fourth-order valence-corrected chi connectivity index (χ4v) is 4.73. The van der Waals surface area contributed by atoms with Crippen molar-refractivity contribution in [1.29, 1.82) is 0 Å². The predicted octanol–water partition coefficient (Wildman–Crippen LogP) is 4.30. The second kappa shape index (κ2) is 8.78. The first-order valence-corrected chi connectivity index (χ1v) is 12.1. The van der Waals surface area contributed by atoms with Gasteiger partial charge in [0.2, 0.25) is 11.9 Å². The summed E-state index contributed by atoms with van der Waals surface area (Å²) in [5.41, 5.74) is 0.837. The van der Waals surface area contributed by atoms with Crippen LogP contribution in [0.5, 0.6) is 0 Å². The van der Waals surface area contributed by atoms with Crippen LogP contribution in [0.15, 0.2) is 34.3 Å². The highest BCUT2D eigenvalue weighted by Crippen LogP contribution is 2.41. The van der Waals surface area contributed by atoms with Crippen molar-refractivity contribution in [3.8, 4) is 0 Å². The monoisotopic (exact) mass is 417 g/mol. The van der Waals surface area contributed by atoms with Gasteiger partial charge in [-0.2, -0.15) is 0 Å². The third-order valence-corrected chi connectivity index (χ3v) is 6.98. The molecule has 1 aliphatic heterocycles. The molecule has 6 nitrogen and oxygen atoms in total. The van der Waals surface area contributed by atoms with Crippen LogP contribution in [-0.2, 0) is 4.79 Å². The molecular weight excluding hydrogens is 390 g/mol. The van der Waals surface area contributed by atoms with Crippen molar-refractivity contribution in [2.75, 3.05) is 35.3 Å². The Hall–Kier alpha value is -1.67. The van der Waals surface area contributed by atoms with Crippen LogP contribution in [0.4, 0.5) is 11.6 Å². The van der Waals surface area contributed by atoms with Gasteiger partial charge in [-0.25, -0.2) is 0 Å². The summed E-state index contributed by atoms with van der Waals surface area (Å²) >= 11 is 3.15. The summed E-state index contributed by atoms with van der Waals surface area (Å²) in [6, 6.07) is 8.41. The van der Waals surface area contributed by atoms with E-state index >= 15 is 0 Å². The Morgan fingerprint density at radius 1 is 1.21 bits per heavy atom. The molecule has 0 spiro atoms. The average molecular weight is 418 g/mol. The maximum absolute atomic E-state index is 12.4. The van der Waals surface area contributed by atoms with Crippen molar-refractivity contribution in [2.24, 2.45) is 5.92 Å². The van der Waals surface area contributed by atoms with E-state index in [0.717, 1.165) is 40.7 Å². The van der Waals surface area contributed by atoms with E-state index in [0.29, 0.717) is 11.8 Å². The van der Waals surface area contributed by atoms with E-state index in [1.165, 1.54) is 37.4 Å². The van der Waals surface area contributed by atoms with Crippen molar-refractivity contribution in [3.63, 3.8) is 0 Å². The van der Waals surface area contributed by atoms with Gasteiger partial charge in [-0.3, -0.25) is 9.36 Å². The first kappa shape index (κ1) is 19.6. The fourth-order valence-electron chi connectivity index (χ4n) is 3.47. The van der Waals surface area contributed by atoms with Crippen LogP contribution in [0, 0.1) is 5.92 Å². The highest BCUT2D eigenvalue weighted by molar-refractivity contribution is 7.99. The average Bonchev–Trinajstić information content (AvgIpc) is 3.46. The molecule has 28 heavy (non-hydrogen) atoms. The lowest BCUT2D eigenvalue weighted by Crippen LogP contribution is -2.34. The van der Waals surface area contributed by atoms with Gasteiger partial charge in [0.1, 0.15) is 0 Å². The molecule has 2 heterocycles. The standard InChI is InChI=1S/C20H27N5OS2/c1-14-8-10-24(11-9-14)19-22-23-20(25(19)16-6-7-16)28-13-18(26)21-15-4-3-5-17(12-15)27-2/h3-5,12,14,16H,6-11,13H2,1-2H3,(H,21,26). The molecule has 0 unspecified atom stereocenters. The van der Waals surface area contributed by atoms with Gasteiger partial charge in [0.25, 0.3) is 0 Å². The van der Waals surface area contributed by atoms with Crippen molar-refractivity contribution < 1.29 is 4.79 Å². The Bertz CT molecular complexity index is 828. The highest BCUT2D eigenvalue weighted by atomic mass is 32.2. The number of amides is 1. The topological polar surface area (TPSA) is 63.1 Å². The summed E-state index contributed by atoms with van der Waals surface area (Å²) in [6.45, 7) is 4.41. The molecule has 2 fully saturated rings. The molecule has 8 heteroatoms. The number of rotatable bonds is 7. The molecule has 1 aromatic heterocycles. The zero-order valence-electron chi connectivity index (χ0n) is 16.4. The molecule has 1 saturated heterocycles. The molecule has 1 amide bonds. The van der Waals surface area contributed by atoms with E-state index in [2.05, 4.69) is 31.9 Å². The van der Waals surface area contributed by atoms with E-state index in [1.54, 1.807) is 11.8 Å². The normalized spacial score (nSPS) is 17.7. The van der Waals surface area contributed by atoms with Crippen LogP contribution in [0.1, 0.15) is 38.6 Å². The summed E-state index contributed by atoms with van der Waals surface area (Å²) in [5.74, 6) is 2.10. The quantitative estimate of drug-likeness (QED) is 0.678. The Kier molecular flexibility index (Phi) is 6.16. The Morgan fingerprint density at radius 3 is 2.71 bits per heavy atom. The minimum atomic E-state index is -0.0121. The largest absolute Gasteiger partial charge is 0.341 e. The lowest BCUT2D eigenvalue weighted by Gasteiger charge is -2.31. The lowest BCUT2D eigenvalue weighted by molar-refractivity contribution is -0.113.